The summed E-state index contributed by atoms with van der Waals surface area (Å²) in [4.78, 5) is 83.1. The van der Waals surface area contributed by atoms with Crippen molar-refractivity contribution in [1.29, 1.82) is 0 Å². The van der Waals surface area contributed by atoms with Crippen LogP contribution in [0.25, 0.3) is 21.8 Å². The number of pyridine rings is 2. The minimum atomic E-state index is -0.810. The summed E-state index contributed by atoms with van der Waals surface area (Å²) in [6.45, 7) is 3.21. The predicted molar refractivity (Wildman–Crippen MR) is 193 cm³/mol. The van der Waals surface area contributed by atoms with Gasteiger partial charge in [0.1, 0.15) is 12.1 Å². The summed E-state index contributed by atoms with van der Waals surface area (Å²) in [5.41, 5.74) is 13.2. The molecule has 2 aromatic carbocycles. The molecular weight excluding hydrogens is 681 g/mol. The molecule has 14 nitrogen and oxygen atoms in total. The first-order valence-corrected chi connectivity index (χ1v) is 17.9. The van der Waals surface area contributed by atoms with Crippen molar-refractivity contribution in [2.24, 2.45) is 11.5 Å². The fourth-order valence-electron chi connectivity index (χ4n) is 5.14. The number of fused-ring (bicyclic) bond motifs is 2. The lowest BCUT2D eigenvalue weighted by atomic mass is 10.1. The molecule has 0 radical (unpaired) electrons. The molecule has 2 aromatic heterocycles. The highest BCUT2D eigenvalue weighted by Gasteiger charge is 2.18. The maximum Gasteiger partial charge on any atom is 0.252 e. The zero-order valence-electron chi connectivity index (χ0n) is 27.5. The first-order chi connectivity index (χ1) is 24.0. The largest absolute Gasteiger partial charge is 0.368 e. The van der Waals surface area contributed by atoms with Crippen LogP contribution in [0, 0.1) is 0 Å². The lowest BCUT2D eigenvalue weighted by Crippen LogP contribution is -2.43. The summed E-state index contributed by atoms with van der Waals surface area (Å²) in [7, 11) is 3.01. The molecule has 0 aliphatic heterocycles. The van der Waals surface area contributed by atoms with E-state index in [1.165, 1.54) is 46.5 Å². The molecule has 0 saturated carbocycles. The molecule has 0 aliphatic rings. The zero-order chi connectivity index (χ0) is 36.2. The highest BCUT2D eigenvalue weighted by molar-refractivity contribution is 8.76. The standard InChI is InChI=1S/C34H38N8O6S2/c1-20(44)40-26(32(35)46)9-5-13-37-34(48)24-15-22-7-3-11-28(30(22)38-17-24)49-50-29-12-4-8-23-16-25(18-39-31(23)29)42(19-43)14-6-10-27(33(36)47)41-21(2)45/h3-4,7-8,11-12,15-19,26-27H,5-6,9-10,13-14H2,1-2H3,(H2,35,46)(H2,36,47)(H,37,48)(H,40,44)(H,41,45)/t26-,27+/m0/s1. The topological polar surface area (TPSA) is 220 Å². The number of aromatic nitrogens is 2. The molecule has 0 saturated heterocycles. The minimum Gasteiger partial charge on any atom is -0.368 e. The van der Waals surface area contributed by atoms with Crippen LogP contribution in [0.1, 0.15) is 49.9 Å². The highest BCUT2D eigenvalue weighted by atomic mass is 33.1. The first kappa shape index (κ1) is 37.6. The Balaban J connectivity index is 1.39. The average molecular weight is 719 g/mol. The molecule has 0 aliphatic carbocycles. The van der Waals surface area contributed by atoms with Gasteiger partial charge >= 0.3 is 0 Å². The lowest BCUT2D eigenvalue weighted by Gasteiger charge is -2.20. The average Bonchev–Trinajstić information content (AvgIpc) is 3.08. The van der Waals surface area contributed by atoms with E-state index in [2.05, 4.69) is 25.9 Å². The van der Waals surface area contributed by atoms with E-state index < -0.39 is 23.9 Å². The van der Waals surface area contributed by atoms with E-state index >= 15 is 0 Å². The van der Waals surface area contributed by atoms with Gasteiger partial charge in [0.15, 0.2) is 0 Å². The van der Waals surface area contributed by atoms with Crippen molar-refractivity contribution in [3.8, 4) is 0 Å². The molecule has 7 N–H and O–H groups in total. The van der Waals surface area contributed by atoms with Crippen LogP contribution in [0.2, 0.25) is 0 Å². The molecule has 0 bridgehead atoms. The Morgan fingerprint density at radius 2 is 1.34 bits per heavy atom. The molecule has 0 unspecified atom stereocenters. The Bertz CT molecular complexity index is 1910. The number of amides is 6. The van der Waals surface area contributed by atoms with E-state index in [0.717, 1.165) is 31.6 Å². The van der Waals surface area contributed by atoms with Crippen molar-refractivity contribution < 1.29 is 28.8 Å². The van der Waals surface area contributed by atoms with Crippen molar-refractivity contribution in [3.05, 3.63) is 66.5 Å². The molecule has 2 heterocycles. The number of anilines is 1. The second-order valence-corrected chi connectivity index (χ2v) is 13.6. The molecule has 0 fully saturated rings. The summed E-state index contributed by atoms with van der Waals surface area (Å²) < 4.78 is 0. The Labute approximate surface area is 296 Å². The van der Waals surface area contributed by atoms with Gasteiger partial charge in [0.2, 0.25) is 30.0 Å². The number of nitrogens with two attached hydrogens (primary N) is 2. The van der Waals surface area contributed by atoms with Gasteiger partial charge in [-0.05, 0) is 49.9 Å². The van der Waals surface area contributed by atoms with Crippen LogP contribution in [0.4, 0.5) is 5.69 Å². The second kappa shape index (κ2) is 18.0. The van der Waals surface area contributed by atoms with Gasteiger partial charge in [-0.2, -0.15) is 0 Å². The van der Waals surface area contributed by atoms with Crippen LogP contribution in [-0.2, 0) is 24.0 Å². The fourth-order valence-corrected chi connectivity index (χ4v) is 7.43. The molecule has 6 amide bonds. The maximum atomic E-state index is 12.8. The fraction of sp³-hybridized carbons (Fsp3) is 0.294. The van der Waals surface area contributed by atoms with E-state index in [1.807, 2.05) is 42.5 Å². The monoisotopic (exact) mass is 718 g/mol. The third kappa shape index (κ3) is 10.4. The third-order valence-corrected chi connectivity index (χ3v) is 9.99. The van der Waals surface area contributed by atoms with Crippen molar-refractivity contribution in [1.82, 2.24) is 25.9 Å². The van der Waals surface area contributed by atoms with Gasteiger partial charge in [0.25, 0.3) is 5.91 Å². The number of rotatable bonds is 18. The van der Waals surface area contributed by atoms with E-state index in [4.69, 9.17) is 11.5 Å². The summed E-state index contributed by atoms with van der Waals surface area (Å²) in [5, 5.41) is 9.46. The van der Waals surface area contributed by atoms with E-state index in [1.54, 1.807) is 12.3 Å². The molecular formula is C34H38N8O6S2. The predicted octanol–water partition coefficient (Wildman–Crippen LogP) is 2.82. The normalized spacial score (nSPS) is 12.1. The number of nitrogens with one attached hydrogen (secondary N) is 3. The van der Waals surface area contributed by atoms with Gasteiger partial charge < -0.3 is 32.3 Å². The van der Waals surface area contributed by atoms with E-state index in [9.17, 15) is 28.8 Å². The van der Waals surface area contributed by atoms with Gasteiger partial charge in [-0.25, -0.2) is 0 Å². The third-order valence-electron chi connectivity index (χ3n) is 7.56. The number of benzene rings is 2. The van der Waals surface area contributed by atoms with Gasteiger partial charge in [-0.1, -0.05) is 45.9 Å². The van der Waals surface area contributed by atoms with Crippen molar-refractivity contribution in [3.63, 3.8) is 0 Å². The zero-order valence-corrected chi connectivity index (χ0v) is 29.1. The van der Waals surface area contributed by atoms with Crippen LogP contribution in [0.5, 0.6) is 0 Å². The molecule has 262 valence electrons. The summed E-state index contributed by atoms with van der Waals surface area (Å²) >= 11 is 0. The number of hydrogen-bond acceptors (Lipinski definition) is 10. The molecule has 50 heavy (non-hydrogen) atoms. The summed E-state index contributed by atoms with van der Waals surface area (Å²) in [6.07, 6.45) is 5.31. The quantitative estimate of drug-likeness (QED) is 0.0575. The number of nitrogens with zero attached hydrogens (tertiary/aromatic N) is 3. The smallest absolute Gasteiger partial charge is 0.252 e. The van der Waals surface area contributed by atoms with Crippen LogP contribution >= 0.6 is 21.6 Å². The number of primary amides is 2. The maximum absolute atomic E-state index is 12.8. The van der Waals surface area contributed by atoms with Gasteiger partial charge in [0.05, 0.1) is 28.5 Å². The molecule has 0 spiro atoms. The van der Waals surface area contributed by atoms with Crippen LogP contribution in [-0.4, -0.2) is 71.1 Å². The minimum absolute atomic E-state index is 0.290. The van der Waals surface area contributed by atoms with Gasteiger partial charge in [-0.15, -0.1) is 0 Å². The van der Waals surface area contributed by atoms with Crippen molar-refractivity contribution >= 4 is 85.0 Å². The van der Waals surface area contributed by atoms with Crippen LogP contribution in [0.3, 0.4) is 0 Å². The summed E-state index contributed by atoms with van der Waals surface area (Å²) in [5.74, 6) is -2.28. The van der Waals surface area contributed by atoms with E-state index in [0.29, 0.717) is 43.5 Å². The molecule has 16 heteroatoms. The first-order valence-electron chi connectivity index (χ1n) is 15.7. The van der Waals surface area contributed by atoms with Crippen molar-refractivity contribution in [2.45, 2.75) is 61.4 Å². The lowest BCUT2D eigenvalue weighted by molar-refractivity contribution is -0.126. The summed E-state index contributed by atoms with van der Waals surface area (Å²) in [6, 6.07) is 13.5. The SMILES string of the molecule is CC(=O)N[C@@H](CCCNC(=O)c1cnc2c(SSc3cccc4cc(N(C=O)CCC[C@@H](NC(C)=O)C(N)=O)cnc34)cccc2c1)C(N)=O. The molecule has 4 aromatic rings. The van der Waals surface area contributed by atoms with Crippen LogP contribution in [0.15, 0.2) is 70.7 Å². The Hall–Kier alpha value is -5.22. The molecule has 4 rings (SSSR count). The van der Waals surface area contributed by atoms with Crippen molar-refractivity contribution in [2.75, 3.05) is 18.0 Å². The number of hydrogen-bond donors (Lipinski definition) is 5. The Kier molecular flexibility index (Phi) is 13.5. The number of carbonyl (C=O) groups excluding carboxylic acids is 6. The number of carbonyl (C=O) groups is 6. The van der Waals surface area contributed by atoms with Gasteiger partial charge in [0, 0.05) is 53.7 Å². The van der Waals surface area contributed by atoms with Gasteiger partial charge in [-0.3, -0.25) is 38.7 Å². The van der Waals surface area contributed by atoms with E-state index in [-0.39, 0.29) is 30.7 Å². The number of para-hydroxylation sites is 2. The Morgan fingerprint density at radius 1 is 0.800 bits per heavy atom. The second-order valence-electron chi connectivity index (χ2n) is 11.4. The molecule has 2 atom stereocenters. The van der Waals surface area contributed by atoms with Crippen LogP contribution < -0.4 is 32.3 Å². The highest BCUT2D eigenvalue weighted by Crippen LogP contribution is 2.42. The Morgan fingerprint density at radius 3 is 1.88 bits per heavy atom.